The molecule has 4 nitrogen and oxygen atoms in total. The van der Waals surface area contributed by atoms with Crippen LogP contribution in [0.25, 0.3) is 0 Å². The Kier molecular flexibility index (Phi) is 5.96. The van der Waals surface area contributed by atoms with Gasteiger partial charge in [-0.3, -0.25) is 0 Å². The molecule has 5 heteroatoms. The van der Waals surface area contributed by atoms with Crippen LogP contribution in [0.15, 0.2) is 18.2 Å². The van der Waals surface area contributed by atoms with Gasteiger partial charge in [-0.2, -0.15) is 0 Å². The largest absolute Gasteiger partial charge is 0.394 e. The fourth-order valence-corrected chi connectivity index (χ4v) is 2.59. The smallest absolute Gasteiger partial charge is 0.123 e. The summed E-state index contributed by atoms with van der Waals surface area (Å²) in [7, 11) is 0. The van der Waals surface area contributed by atoms with Crippen LogP contribution < -0.4 is 10.2 Å². The zero-order valence-corrected chi connectivity index (χ0v) is 12.8. The minimum atomic E-state index is -0.228. The van der Waals surface area contributed by atoms with E-state index in [1.807, 2.05) is 0 Å². The molecule has 0 amide bonds. The summed E-state index contributed by atoms with van der Waals surface area (Å²) in [5, 5.41) is 12.9. The summed E-state index contributed by atoms with van der Waals surface area (Å²) in [6, 6.07) is 4.79. The molecule has 0 aliphatic carbocycles. The predicted molar refractivity (Wildman–Crippen MR) is 82.0 cm³/mol. The number of aliphatic hydroxyl groups excluding tert-OH is 1. The SMILES string of the molecule is CC(C)CNCc1cc(F)ccc1N1CCOCC1CO. The molecule has 0 aromatic heterocycles. The first-order chi connectivity index (χ1) is 10.1. The molecule has 2 rings (SSSR count). The minimum Gasteiger partial charge on any atom is -0.394 e. The molecule has 0 radical (unpaired) electrons. The monoisotopic (exact) mass is 296 g/mol. The van der Waals surface area contributed by atoms with Gasteiger partial charge < -0.3 is 20.1 Å². The van der Waals surface area contributed by atoms with Crippen molar-refractivity contribution in [3.05, 3.63) is 29.6 Å². The second-order valence-electron chi connectivity index (χ2n) is 5.90. The third-order valence-corrected chi connectivity index (χ3v) is 3.66. The average Bonchev–Trinajstić information content (AvgIpc) is 2.47. The Bertz CT molecular complexity index is 454. The van der Waals surface area contributed by atoms with E-state index >= 15 is 0 Å². The van der Waals surface area contributed by atoms with E-state index in [0.29, 0.717) is 32.2 Å². The van der Waals surface area contributed by atoms with Crippen molar-refractivity contribution in [2.45, 2.75) is 26.4 Å². The van der Waals surface area contributed by atoms with Crippen LogP contribution in [0, 0.1) is 11.7 Å². The number of nitrogens with zero attached hydrogens (tertiary/aromatic N) is 1. The first kappa shape index (κ1) is 16.2. The Hall–Kier alpha value is -1.17. The second-order valence-corrected chi connectivity index (χ2v) is 5.90. The van der Waals surface area contributed by atoms with Crippen LogP contribution in [0.5, 0.6) is 0 Å². The van der Waals surface area contributed by atoms with Gasteiger partial charge in [-0.25, -0.2) is 4.39 Å². The van der Waals surface area contributed by atoms with Crippen LogP contribution in [0.2, 0.25) is 0 Å². The molecule has 1 unspecified atom stereocenters. The third-order valence-electron chi connectivity index (χ3n) is 3.66. The number of anilines is 1. The number of benzene rings is 1. The van der Waals surface area contributed by atoms with Crippen molar-refractivity contribution in [1.82, 2.24) is 5.32 Å². The summed E-state index contributed by atoms with van der Waals surface area (Å²) >= 11 is 0. The van der Waals surface area contributed by atoms with Gasteiger partial charge in [0.2, 0.25) is 0 Å². The van der Waals surface area contributed by atoms with Crippen molar-refractivity contribution in [1.29, 1.82) is 0 Å². The average molecular weight is 296 g/mol. The third kappa shape index (κ3) is 4.40. The highest BCUT2D eigenvalue weighted by molar-refractivity contribution is 5.55. The maximum atomic E-state index is 13.6. The Morgan fingerprint density at radius 1 is 1.48 bits per heavy atom. The quantitative estimate of drug-likeness (QED) is 0.840. The van der Waals surface area contributed by atoms with Gasteiger partial charge in [0.15, 0.2) is 0 Å². The number of aliphatic hydroxyl groups is 1. The van der Waals surface area contributed by atoms with Crippen LogP contribution in [0.3, 0.4) is 0 Å². The van der Waals surface area contributed by atoms with E-state index in [-0.39, 0.29) is 18.5 Å². The van der Waals surface area contributed by atoms with Crippen LogP contribution in [-0.2, 0) is 11.3 Å². The molecule has 0 bridgehead atoms. The number of halogens is 1. The van der Waals surface area contributed by atoms with Crippen molar-refractivity contribution in [2.24, 2.45) is 5.92 Å². The predicted octanol–water partition coefficient (Wildman–Crippen LogP) is 1.77. The van der Waals surface area contributed by atoms with Gasteiger partial charge in [-0.1, -0.05) is 13.8 Å². The first-order valence-electron chi connectivity index (χ1n) is 7.56. The standard InChI is InChI=1S/C16H25FN2O2/c1-12(2)8-18-9-13-7-14(17)3-4-16(13)19-5-6-21-11-15(19)10-20/h3-4,7,12,15,18,20H,5-6,8-11H2,1-2H3. The van der Waals surface area contributed by atoms with Crippen molar-refractivity contribution < 1.29 is 14.2 Å². The Labute approximate surface area is 125 Å². The highest BCUT2D eigenvalue weighted by atomic mass is 19.1. The molecule has 2 N–H and O–H groups in total. The van der Waals surface area contributed by atoms with Gasteiger partial charge in [0, 0.05) is 18.8 Å². The first-order valence-corrected chi connectivity index (χ1v) is 7.56. The molecule has 0 spiro atoms. The maximum Gasteiger partial charge on any atom is 0.123 e. The van der Waals surface area contributed by atoms with Gasteiger partial charge in [0.1, 0.15) is 5.82 Å². The van der Waals surface area contributed by atoms with Crippen molar-refractivity contribution >= 4 is 5.69 Å². The summed E-state index contributed by atoms with van der Waals surface area (Å²) in [5.74, 6) is 0.324. The van der Waals surface area contributed by atoms with Gasteiger partial charge in [-0.15, -0.1) is 0 Å². The molecule has 1 aliphatic heterocycles. The summed E-state index contributed by atoms with van der Waals surface area (Å²) in [6.07, 6.45) is 0. The number of hydrogen-bond donors (Lipinski definition) is 2. The molecule has 1 aromatic carbocycles. The molecule has 1 saturated heterocycles. The van der Waals surface area contributed by atoms with E-state index in [2.05, 4.69) is 24.1 Å². The molecule has 1 aromatic rings. The van der Waals surface area contributed by atoms with E-state index < -0.39 is 0 Å². The number of morpholine rings is 1. The Morgan fingerprint density at radius 2 is 2.29 bits per heavy atom. The van der Waals surface area contributed by atoms with E-state index in [4.69, 9.17) is 4.74 Å². The van der Waals surface area contributed by atoms with Crippen molar-refractivity contribution in [3.63, 3.8) is 0 Å². The van der Waals surface area contributed by atoms with E-state index in [9.17, 15) is 9.50 Å². The second kappa shape index (κ2) is 7.73. The van der Waals surface area contributed by atoms with Gasteiger partial charge >= 0.3 is 0 Å². The molecule has 118 valence electrons. The van der Waals surface area contributed by atoms with Crippen LogP contribution in [0.4, 0.5) is 10.1 Å². The zero-order valence-electron chi connectivity index (χ0n) is 12.8. The lowest BCUT2D eigenvalue weighted by molar-refractivity contribution is 0.0726. The lowest BCUT2D eigenvalue weighted by Crippen LogP contribution is -2.48. The van der Waals surface area contributed by atoms with Crippen LogP contribution >= 0.6 is 0 Å². The molecule has 1 aliphatic rings. The molecular formula is C16H25FN2O2. The molecule has 21 heavy (non-hydrogen) atoms. The van der Waals surface area contributed by atoms with Gasteiger partial charge in [0.25, 0.3) is 0 Å². The van der Waals surface area contributed by atoms with E-state index in [1.165, 1.54) is 6.07 Å². The summed E-state index contributed by atoms with van der Waals surface area (Å²) in [4.78, 5) is 2.12. The lowest BCUT2D eigenvalue weighted by Gasteiger charge is -2.37. The Morgan fingerprint density at radius 3 is 3.00 bits per heavy atom. The summed E-state index contributed by atoms with van der Waals surface area (Å²) in [5.41, 5.74) is 1.91. The highest BCUT2D eigenvalue weighted by Crippen LogP contribution is 2.25. The number of nitrogens with one attached hydrogen (secondary N) is 1. The van der Waals surface area contributed by atoms with Crippen LogP contribution in [-0.4, -0.2) is 44.1 Å². The fraction of sp³-hybridized carbons (Fsp3) is 0.625. The maximum absolute atomic E-state index is 13.6. The zero-order chi connectivity index (χ0) is 15.2. The molecule has 1 heterocycles. The van der Waals surface area contributed by atoms with Crippen molar-refractivity contribution in [2.75, 3.05) is 37.8 Å². The number of hydrogen-bond acceptors (Lipinski definition) is 4. The summed E-state index contributed by atoms with van der Waals surface area (Å²) in [6.45, 7) is 7.69. The topological polar surface area (TPSA) is 44.7 Å². The molecular weight excluding hydrogens is 271 g/mol. The fourth-order valence-electron chi connectivity index (χ4n) is 2.59. The number of rotatable bonds is 6. The lowest BCUT2D eigenvalue weighted by atomic mass is 10.1. The molecule has 0 saturated carbocycles. The van der Waals surface area contributed by atoms with E-state index in [0.717, 1.165) is 17.8 Å². The minimum absolute atomic E-state index is 0.0379. The van der Waals surface area contributed by atoms with E-state index in [1.54, 1.807) is 12.1 Å². The Balaban J connectivity index is 2.16. The summed E-state index contributed by atoms with van der Waals surface area (Å²) < 4.78 is 19.0. The van der Waals surface area contributed by atoms with Crippen LogP contribution in [0.1, 0.15) is 19.4 Å². The van der Waals surface area contributed by atoms with Gasteiger partial charge in [0.05, 0.1) is 25.9 Å². The van der Waals surface area contributed by atoms with Crippen molar-refractivity contribution in [3.8, 4) is 0 Å². The molecule has 1 fully saturated rings. The molecule has 1 atom stereocenters. The van der Waals surface area contributed by atoms with Gasteiger partial charge in [-0.05, 0) is 36.2 Å². The highest BCUT2D eigenvalue weighted by Gasteiger charge is 2.24. The number of ether oxygens (including phenoxy) is 1. The normalized spacial score (nSPS) is 19.3.